The van der Waals surface area contributed by atoms with Crippen LogP contribution in [0.3, 0.4) is 0 Å². The molecule has 0 aliphatic carbocycles. The molecular formula is C18H21N9O2. The fourth-order valence-electron chi connectivity index (χ4n) is 2.62. The molecule has 0 atom stereocenters. The van der Waals surface area contributed by atoms with Gasteiger partial charge in [0.25, 0.3) is 0 Å². The number of nitrogens with two attached hydrogens (primary N) is 1. The lowest BCUT2D eigenvalue weighted by molar-refractivity contribution is 0.112. The fourth-order valence-corrected chi connectivity index (χ4v) is 2.62. The number of fused-ring (bicyclic) bond motifs is 1. The number of hydrogen-bond donors (Lipinski definition) is 6. The van der Waals surface area contributed by atoms with Crippen LogP contribution in [0.1, 0.15) is 21.6 Å². The van der Waals surface area contributed by atoms with Crippen LogP contribution < -0.4 is 21.9 Å². The van der Waals surface area contributed by atoms with Crippen molar-refractivity contribution in [3.8, 4) is 0 Å². The monoisotopic (exact) mass is 395 g/mol. The molecule has 11 nitrogen and oxygen atoms in total. The van der Waals surface area contributed by atoms with E-state index < -0.39 is 0 Å². The fraction of sp³-hybridized carbons (Fsp3) is 0.167. The summed E-state index contributed by atoms with van der Waals surface area (Å²) in [5, 5.41) is 26.6. The van der Waals surface area contributed by atoms with Crippen LogP contribution >= 0.6 is 0 Å². The Bertz CT molecular complexity index is 1040. The van der Waals surface area contributed by atoms with Gasteiger partial charge >= 0.3 is 0 Å². The van der Waals surface area contributed by atoms with Gasteiger partial charge in [0, 0.05) is 37.3 Å². The van der Waals surface area contributed by atoms with Gasteiger partial charge in [0.2, 0.25) is 0 Å². The predicted octanol–water partition coefficient (Wildman–Crippen LogP) is 0.407. The molecule has 0 aliphatic rings. The summed E-state index contributed by atoms with van der Waals surface area (Å²) >= 11 is 0. The Morgan fingerprint density at radius 3 is 2.93 bits per heavy atom. The number of hydrogen-bond acceptors (Lipinski definition) is 10. The lowest BCUT2D eigenvalue weighted by Crippen LogP contribution is -2.15. The molecule has 7 N–H and O–H groups in total. The van der Waals surface area contributed by atoms with Crippen LogP contribution in [-0.2, 0) is 6.54 Å². The third-order valence-corrected chi connectivity index (χ3v) is 4.08. The SMILES string of the molecule is N=C/C(=C\NCCO)c1cnc(NN)c(NCc2ccn3ncc(C=O)c3c2)n1. The molecule has 150 valence electrons. The van der Waals surface area contributed by atoms with Crippen LogP contribution in [0.2, 0.25) is 0 Å². The summed E-state index contributed by atoms with van der Waals surface area (Å²) < 4.78 is 1.63. The van der Waals surface area contributed by atoms with Crippen LogP contribution in [-0.4, -0.2) is 50.3 Å². The summed E-state index contributed by atoms with van der Waals surface area (Å²) in [5.41, 5.74) is 5.57. The number of nitrogens with zero attached hydrogens (tertiary/aromatic N) is 4. The number of pyridine rings is 1. The second-order valence-corrected chi connectivity index (χ2v) is 5.95. The lowest BCUT2D eigenvalue weighted by atomic mass is 10.2. The van der Waals surface area contributed by atoms with Gasteiger partial charge in [0.1, 0.15) is 0 Å². The predicted molar refractivity (Wildman–Crippen MR) is 110 cm³/mol. The van der Waals surface area contributed by atoms with E-state index in [9.17, 15) is 4.79 Å². The highest BCUT2D eigenvalue weighted by Crippen LogP contribution is 2.20. The molecule has 3 aromatic rings. The quantitative estimate of drug-likeness (QED) is 0.0936. The summed E-state index contributed by atoms with van der Waals surface area (Å²) in [5.74, 6) is 6.29. The first-order chi connectivity index (χ1) is 14.2. The maximum atomic E-state index is 11.1. The van der Waals surface area contributed by atoms with E-state index in [1.165, 1.54) is 12.4 Å². The Morgan fingerprint density at radius 2 is 2.21 bits per heavy atom. The van der Waals surface area contributed by atoms with E-state index >= 15 is 0 Å². The third-order valence-electron chi connectivity index (χ3n) is 4.08. The highest BCUT2D eigenvalue weighted by molar-refractivity contribution is 6.07. The second-order valence-electron chi connectivity index (χ2n) is 5.95. The Kier molecular flexibility index (Phi) is 6.45. The molecule has 0 unspecified atom stereocenters. The molecule has 0 fully saturated rings. The molecule has 29 heavy (non-hydrogen) atoms. The van der Waals surface area contributed by atoms with Crippen molar-refractivity contribution in [3.63, 3.8) is 0 Å². The minimum Gasteiger partial charge on any atom is -0.395 e. The number of aliphatic hydroxyl groups excluding tert-OH is 1. The smallest absolute Gasteiger partial charge is 0.183 e. The molecule has 0 saturated heterocycles. The molecule has 3 heterocycles. The van der Waals surface area contributed by atoms with Crippen LogP contribution in [0.25, 0.3) is 11.1 Å². The summed E-state index contributed by atoms with van der Waals surface area (Å²) in [4.78, 5) is 19.8. The van der Waals surface area contributed by atoms with Gasteiger partial charge in [-0.25, -0.2) is 20.3 Å². The number of nitrogen functional groups attached to an aromatic ring is 1. The second kappa shape index (κ2) is 9.39. The van der Waals surface area contributed by atoms with Gasteiger partial charge in [-0.2, -0.15) is 5.10 Å². The molecule has 0 bridgehead atoms. The molecule has 0 spiro atoms. The zero-order valence-electron chi connectivity index (χ0n) is 15.5. The van der Waals surface area contributed by atoms with Crippen molar-refractivity contribution in [2.24, 2.45) is 5.84 Å². The Morgan fingerprint density at radius 1 is 1.34 bits per heavy atom. The van der Waals surface area contributed by atoms with E-state index in [-0.39, 0.29) is 6.61 Å². The van der Waals surface area contributed by atoms with Crippen molar-refractivity contribution in [2.45, 2.75) is 6.54 Å². The average molecular weight is 395 g/mol. The molecule has 0 amide bonds. The first kappa shape index (κ1) is 19.9. The minimum atomic E-state index is -0.0242. The van der Waals surface area contributed by atoms with Crippen LogP contribution in [0.4, 0.5) is 11.6 Å². The summed E-state index contributed by atoms with van der Waals surface area (Å²) in [6, 6.07) is 3.73. The molecule has 3 rings (SSSR count). The number of hydrazine groups is 1. The van der Waals surface area contributed by atoms with Crippen molar-refractivity contribution in [1.82, 2.24) is 24.9 Å². The van der Waals surface area contributed by atoms with Gasteiger partial charge in [0.15, 0.2) is 17.9 Å². The van der Waals surface area contributed by atoms with Crippen molar-refractivity contribution in [2.75, 3.05) is 23.9 Å². The normalized spacial score (nSPS) is 11.3. The van der Waals surface area contributed by atoms with E-state index in [1.807, 2.05) is 12.1 Å². The number of carbonyl (C=O) groups is 1. The van der Waals surface area contributed by atoms with Crippen molar-refractivity contribution in [3.05, 3.63) is 53.7 Å². The van der Waals surface area contributed by atoms with Gasteiger partial charge < -0.3 is 26.6 Å². The van der Waals surface area contributed by atoms with Crippen LogP contribution in [0.15, 0.2) is 36.9 Å². The number of carbonyl (C=O) groups excluding carboxylic acids is 1. The lowest BCUT2D eigenvalue weighted by Gasteiger charge is -2.12. The highest BCUT2D eigenvalue weighted by Gasteiger charge is 2.10. The zero-order chi connectivity index (χ0) is 20.6. The number of aromatic nitrogens is 4. The Hall–Kier alpha value is -3.83. The minimum absolute atomic E-state index is 0.0242. The molecule has 0 aliphatic heterocycles. The van der Waals surface area contributed by atoms with E-state index in [0.29, 0.717) is 47.1 Å². The Balaban J connectivity index is 1.83. The van der Waals surface area contributed by atoms with E-state index in [4.69, 9.17) is 16.4 Å². The molecule has 11 heteroatoms. The zero-order valence-corrected chi connectivity index (χ0v) is 15.5. The topological polar surface area (TPSA) is 166 Å². The number of nitrogens with one attached hydrogen (secondary N) is 4. The number of allylic oxidation sites excluding steroid dienone is 1. The first-order valence-electron chi connectivity index (χ1n) is 8.74. The third kappa shape index (κ3) is 4.54. The highest BCUT2D eigenvalue weighted by atomic mass is 16.3. The molecule has 0 saturated carbocycles. The number of aldehydes is 1. The van der Waals surface area contributed by atoms with Crippen molar-refractivity contribution in [1.29, 1.82) is 5.41 Å². The molecule has 3 aromatic heterocycles. The van der Waals surface area contributed by atoms with E-state index in [2.05, 4.69) is 31.1 Å². The summed E-state index contributed by atoms with van der Waals surface area (Å²) in [7, 11) is 0. The van der Waals surface area contributed by atoms with E-state index in [0.717, 1.165) is 18.1 Å². The van der Waals surface area contributed by atoms with Crippen LogP contribution in [0.5, 0.6) is 0 Å². The van der Waals surface area contributed by atoms with Crippen molar-refractivity contribution < 1.29 is 9.90 Å². The maximum absolute atomic E-state index is 11.1. The Labute approximate surface area is 166 Å². The number of aliphatic hydroxyl groups is 1. The van der Waals surface area contributed by atoms with Crippen LogP contribution in [0, 0.1) is 5.41 Å². The van der Waals surface area contributed by atoms with Crippen molar-refractivity contribution >= 4 is 35.2 Å². The number of anilines is 2. The molecule has 0 aromatic carbocycles. The van der Waals surface area contributed by atoms with Gasteiger partial charge in [-0.05, 0) is 17.7 Å². The summed E-state index contributed by atoms with van der Waals surface area (Å²) in [6.07, 6.45) is 8.27. The van der Waals surface area contributed by atoms with E-state index in [1.54, 1.807) is 16.9 Å². The standard InChI is InChI=1S/C18H21N9O2/c19-6-13(8-21-2-4-28)15-10-23-18(26-20)17(25-15)22-7-12-1-3-27-16(5-12)14(11-29)9-24-27/h1,3,5-6,8-11,19,21,28H,2,4,7,20H2,(H,22,25)(H,23,26)/b13-8+,19-6?. The summed E-state index contributed by atoms with van der Waals surface area (Å²) in [6.45, 7) is 0.737. The number of rotatable bonds is 10. The molecular weight excluding hydrogens is 374 g/mol. The first-order valence-corrected chi connectivity index (χ1v) is 8.74. The largest absolute Gasteiger partial charge is 0.395 e. The van der Waals surface area contributed by atoms with Gasteiger partial charge in [-0.3, -0.25) is 4.79 Å². The van der Waals surface area contributed by atoms with Gasteiger partial charge in [0.05, 0.1) is 35.8 Å². The van der Waals surface area contributed by atoms with Gasteiger partial charge in [-0.1, -0.05) is 0 Å². The average Bonchev–Trinajstić information content (AvgIpc) is 3.17. The molecule has 0 radical (unpaired) electrons. The maximum Gasteiger partial charge on any atom is 0.183 e. The van der Waals surface area contributed by atoms with Gasteiger partial charge in [-0.15, -0.1) is 0 Å².